The normalized spacial score (nSPS) is 50.4. The van der Waals surface area contributed by atoms with Crippen LogP contribution in [-0.2, 0) is 19.1 Å². The molecule has 4 aliphatic carbocycles. The molecular weight excluding hydrogens is 412 g/mol. The Kier molecular flexibility index (Phi) is 5.13. The summed E-state index contributed by atoms with van der Waals surface area (Å²) < 4.78 is 12.9. The van der Waals surface area contributed by atoms with Gasteiger partial charge in [0.2, 0.25) is 0 Å². The van der Waals surface area contributed by atoms with E-state index in [1.54, 1.807) is 12.2 Å². The molecule has 0 amide bonds. The van der Waals surface area contributed by atoms with Gasteiger partial charge in [-0.2, -0.15) is 12.6 Å². The van der Waals surface area contributed by atoms with E-state index < -0.39 is 17.1 Å². The van der Waals surface area contributed by atoms with E-state index in [1.807, 2.05) is 6.08 Å². The first-order valence-corrected chi connectivity index (χ1v) is 12.4. The monoisotopic (exact) mass is 446 g/mol. The van der Waals surface area contributed by atoms with Crippen molar-refractivity contribution < 1.29 is 24.2 Å². The number of carbonyl (C=O) groups excluding carboxylic acids is 2. The zero-order valence-corrected chi connectivity index (χ0v) is 19.6. The van der Waals surface area contributed by atoms with Crippen molar-refractivity contribution >= 4 is 24.2 Å². The second-order valence-corrected chi connectivity index (χ2v) is 11.0. The number of hydrogen-bond acceptors (Lipinski definition) is 6. The molecule has 5 aliphatic rings. The fourth-order valence-corrected chi connectivity index (χ4v) is 8.36. The molecule has 1 aliphatic heterocycles. The minimum atomic E-state index is -1.03. The van der Waals surface area contributed by atoms with E-state index in [0.717, 1.165) is 37.7 Å². The zero-order valence-electron chi connectivity index (χ0n) is 18.7. The molecular formula is C25H34O5S. The summed E-state index contributed by atoms with van der Waals surface area (Å²) in [6.07, 6.45) is 8.96. The van der Waals surface area contributed by atoms with Crippen LogP contribution in [0.5, 0.6) is 0 Å². The van der Waals surface area contributed by atoms with E-state index in [9.17, 15) is 14.7 Å². The molecule has 3 saturated carbocycles. The number of Topliss-reactive ketones (excluding diaryl/α,β-unsaturated/α-hetero) is 1. The number of hydrogen-bond donors (Lipinski definition) is 2. The SMILES string of the molecule is CCCC1O[C@@H]2C[C@H]3[C@@H]4CCC5=CC(=O)C=C[C@]5(C)[C@H]4[C@@H](O)C[C@]3(C)[C@]2(C(=O)CS)O1. The molecule has 0 bridgehead atoms. The van der Waals surface area contributed by atoms with Gasteiger partial charge in [0.1, 0.15) is 0 Å². The minimum Gasteiger partial charge on any atom is -0.393 e. The molecule has 0 aromatic carbocycles. The van der Waals surface area contributed by atoms with Crippen LogP contribution in [0.4, 0.5) is 0 Å². The van der Waals surface area contributed by atoms with E-state index in [1.165, 1.54) is 0 Å². The molecule has 4 fully saturated rings. The number of ether oxygens (including phenoxy) is 2. The third kappa shape index (κ3) is 2.74. The standard InChI is InChI=1S/C25H34O5S/c1-4-5-21-29-20-11-17-16-7-6-14-10-15(26)8-9-23(14,2)22(16)18(27)12-24(17,3)25(20,30-21)19(28)13-31/h8-10,16-18,20-22,27,31H,4-7,11-13H2,1-3H3/t16-,17-,18-,20+,21?,22+,23-,24-,25+/m0/s1. The Morgan fingerprint density at radius 3 is 2.84 bits per heavy atom. The largest absolute Gasteiger partial charge is 0.393 e. The summed E-state index contributed by atoms with van der Waals surface area (Å²) in [6, 6.07) is 0. The molecule has 1 N–H and O–H groups in total. The van der Waals surface area contributed by atoms with Crippen LogP contribution in [0.3, 0.4) is 0 Å². The van der Waals surface area contributed by atoms with Crippen molar-refractivity contribution in [1.82, 2.24) is 0 Å². The first-order chi connectivity index (χ1) is 14.7. The maximum absolute atomic E-state index is 13.4. The summed E-state index contributed by atoms with van der Waals surface area (Å²) in [5, 5.41) is 11.6. The lowest BCUT2D eigenvalue weighted by molar-refractivity contribution is -0.197. The fourth-order valence-electron chi connectivity index (χ4n) is 8.12. The lowest BCUT2D eigenvalue weighted by Gasteiger charge is -2.59. The lowest BCUT2D eigenvalue weighted by atomic mass is 9.46. The highest BCUT2D eigenvalue weighted by molar-refractivity contribution is 7.81. The van der Waals surface area contributed by atoms with Crippen molar-refractivity contribution in [2.24, 2.45) is 28.6 Å². The number of ketones is 2. The fraction of sp³-hybridized carbons (Fsp3) is 0.760. The summed E-state index contributed by atoms with van der Waals surface area (Å²) in [4.78, 5) is 25.4. The number of allylic oxidation sites excluding steroid dienone is 4. The van der Waals surface area contributed by atoms with Crippen molar-refractivity contribution in [1.29, 1.82) is 0 Å². The average molecular weight is 447 g/mol. The Labute approximate surface area is 190 Å². The third-order valence-corrected chi connectivity index (χ3v) is 9.66. The Bertz CT molecular complexity index is 866. The van der Waals surface area contributed by atoms with Gasteiger partial charge in [0.05, 0.1) is 18.0 Å². The summed E-state index contributed by atoms with van der Waals surface area (Å²) in [6.45, 7) is 6.40. The predicted molar refractivity (Wildman–Crippen MR) is 120 cm³/mol. The van der Waals surface area contributed by atoms with Crippen LogP contribution in [0.1, 0.15) is 59.3 Å². The van der Waals surface area contributed by atoms with Gasteiger partial charge in [0.15, 0.2) is 23.5 Å². The highest BCUT2D eigenvalue weighted by Gasteiger charge is 2.75. The second kappa shape index (κ2) is 7.28. The van der Waals surface area contributed by atoms with Crippen molar-refractivity contribution in [3.63, 3.8) is 0 Å². The zero-order chi connectivity index (χ0) is 22.2. The molecule has 0 spiro atoms. The van der Waals surface area contributed by atoms with Crippen molar-refractivity contribution in [2.45, 2.75) is 83.4 Å². The minimum absolute atomic E-state index is 0.0131. The quantitative estimate of drug-likeness (QED) is 0.645. The average Bonchev–Trinajstić information content (AvgIpc) is 3.20. The van der Waals surface area contributed by atoms with Crippen LogP contribution >= 0.6 is 12.6 Å². The van der Waals surface area contributed by atoms with E-state index in [4.69, 9.17) is 9.47 Å². The van der Waals surface area contributed by atoms with Gasteiger partial charge in [-0.3, -0.25) is 9.59 Å². The van der Waals surface area contributed by atoms with Gasteiger partial charge in [-0.1, -0.05) is 38.8 Å². The highest BCUT2D eigenvalue weighted by atomic mass is 32.1. The first kappa shape index (κ1) is 21.9. The molecule has 0 aromatic rings. The molecule has 9 atom stereocenters. The lowest BCUT2D eigenvalue weighted by Crippen LogP contribution is -2.63. The van der Waals surface area contributed by atoms with Gasteiger partial charge in [0.25, 0.3) is 0 Å². The number of fused-ring (bicyclic) bond motifs is 7. The van der Waals surface area contributed by atoms with Crippen LogP contribution in [0, 0.1) is 28.6 Å². The van der Waals surface area contributed by atoms with Crippen LogP contribution in [-0.4, -0.2) is 46.5 Å². The number of aliphatic hydroxyl groups excluding tert-OH is 1. The Hall–Kier alpha value is -0.950. The molecule has 1 unspecified atom stereocenters. The maximum atomic E-state index is 13.4. The Balaban J connectivity index is 1.55. The molecule has 0 radical (unpaired) electrons. The van der Waals surface area contributed by atoms with Crippen molar-refractivity contribution in [3.8, 4) is 0 Å². The predicted octanol–water partition coefficient (Wildman–Crippen LogP) is 3.65. The van der Waals surface area contributed by atoms with Gasteiger partial charge < -0.3 is 14.6 Å². The number of carbonyl (C=O) groups is 2. The molecule has 5 nitrogen and oxygen atoms in total. The van der Waals surface area contributed by atoms with Crippen LogP contribution < -0.4 is 0 Å². The van der Waals surface area contributed by atoms with Crippen LogP contribution in [0.2, 0.25) is 0 Å². The molecule has 1 heterocycles. The summed E-state index contributed by atoms with van der Waals surface area (Å²) >= 11 is 4.34. The topological polar surface area (TPSA) is 72.8 Å². The van der Waals surface area contributed by atoms with Crippen molar-refractivity contribution in [2.75, 3.05) is 5.75 Å². The van der Waals surface area contributed by atoms with Gasteiger partial charge >= 0.3 is 0 Å². The van der Waals surface area contributed by atoms with E-state index in [0.29, 0.717) is 6.42 Å². The second-order valence-electron chi connectivity index (χ2n) is 10.7. The Morgan fingerprint density at radius 2 is 2.13 bits per heavy atom. The van der Waals surface area contributed by atoms with Gasteiger partial charge in [0, 0.05) is 16.7 Å². The molecule has 0 aromatic heterocycles. The van der Waals surface area contributed by atoms with Gasteiger partial charge in [-0.25, -0.2) is 0 Å². The Morgan fingerprint density at radius 1 is 1.35 bits per heavy atom. The molecule has 170 valence electrons. The maximum Gasteiger partial charge on any atom is 0.178 e. The van der Waals surface area contributed by atoms with Crippen LogP contribution in [0.15, 0.2) is 23.8 Å². The van der Waals surface area contributed by atoms with Gasteiger partial charge in [-0.05, 0) is 56.1 Å². The first-order valence-electron chi connectivity index (χ1n) is 11.8. The van der Waals surface area contributed by atoms with Crippen molar-refractivity contribution in [3.05, 3.63) is 23.8 Å². The summed E-state index contributed by atoms with van der Waals surface area (Å²) in [5.41, 5.74) is -0.700. The van der Waals surface area contributed by atoms with E-state index in [2.05, 4.69) is 33.4 Å². The third-order valence-electron chi connectivity index (χ3n) is 9.37. The summed E-state index contributed by atoms with van der Waals surface area (Å²) in [5.74, 6) is 0.644. The summed E-state index contributed by atoms with van der Waals surface area (Å²) in [7, 11) is 0. The molecule has 1 saturated heterocycles. The van der Waals surface area contributed by atoms with Gasteiger partial charge in [-0.15, -0.1) is 0 Å². The molecule has 5 rings (SSSR count). The van der Waals surface area contributed by atoms with Crippen LogP contribution in [0.25, 0.3) is 0 Å². The number of rotatable bonds is 4. The smallest absolute Gasteiger partial charge is 0.178 e. The highest BCUT2D eigenvalue weighted by Crippen LogP contribution is 2.69. The van der Waals surface area contributed by atoms with E-state index >= 15 is 0 Å². The number of thiol groups is 1. The number of aliphatic hydroxyl groups is 1. The molecule has 31 heavy (non-hydrogen) atoms. The molecule has 6 heteroatoms. The van der Waals surface area contributed by atoms with E-state index in [-0.39, 0.29) is 52.9 Å².